The second-order valence-electron chi connectivity index (χ2n) is 8.03. The van der Waals surface area contributed by atoms with Crippen LogP contribution < -0.4 is 10.2 Å². The van der Waals surface area contributed by atoms with Gasteiger partial charge in [-0.1, -0.05) is 24.3 Å². The summed E-state index contributed by atoms with van der Waals surface area (Å²) in [4.78, 5) is 35.0. The molecule has 2 atom stereocenters. The van der Waals surface area contributed by atoms with E-state index in [1.807, 2.05) is 46.7 Å². The Morgan fingerprint density at radius 3 is 2.81 bits per heavy atom. The molecule has 2 amide bonds. The van der Waals surface area contributed by atoms with Crippen molar-refractivity contribution in [1.82, 2.24) is 15.2 Å². The maximum atomic E-state index is 13.3. The van der Waals surface area contributed by atoms with Crippen LogP contribution in [0.5, 0.6) is 0 Å². The maximum absolute atomic E-state index is 13.3. The molecule has 0 bridgehead atoms. The largest absolute Gasteiger partial charge is 0.350 e. The molecule has 5 rings (SSSR count). The number of hydrogen-bond acceptors (Lipinski definition) is 5. The van der Waals surface area contributed by atoms with E-state index in [9.17, 15) is 9.59 Å². The van der Waals surface area contributed by atoms with Crippen molar-refractivity contribution in [2.75, 3.05) is 18.0 Å². The molecule has 0 saturated carbocycles. The van der Waals surface area contributed by atoms with Gasteiger partial charge in [-0.05, 0) is 48.1 Å². The van der Waals surface area contributed by atoms with E-state index >= 15 is 0 Å². The number of fused-ring (bicyclic) bond motifs is 2. The predicted molar refractivity (Wildman–Crippen MR) is 121 cm³/mol. The number of anilines is 1. The standard InChI is InChI=1S/C24H24N4O2S/c29-23(22-8-4-12-31-22)26-14-19-9-10-20-16-28(24(30)17-6-3-11-25-13-17)21-7-2-1-5-18(21)15-27(19)20/h1-8,11-13,19-20H,9-10,14-16H2,(H,26,29). The first-order valence-corrected chi connectivity index (χ1v) is 11.5. The Morgan fingerprint density at radius 2 is 2.00 bits per heavy atom. The highest BCUT2D eigenvalue weighted by Gasteiger charge is 2.39. The summed E-state index contributed by atoms with van der Waals surface area (Å²) in [5.74, 6) is -0.0288. The fraction of sp³-hybridized carbons (Fsp3) is 0.292. The van der Waals surface area contributed by atoms with E-state index in [2.05, 4.69) is 21.3 Å². The van der Waals surface area contributed by atoms with E-state index in [-0.39, 0.29) is 23.9 Å². The van der Waals surface area contributed by atoms with E-state index in [0.29, 0.717) is 18.7 Å². The van der Waals surface area contributed by atoms with Crippen molar-refractivity contribution in [3.05, 3.63) is 82.3 Å². The molecule has 158 valence electrons. The number of rotatable bonds is 4. The number of amides is 2. The van der Waals surface area contributed by atoms with E-state index in [4.69, 9.17) is 0 Å². The molecule has 31 heavy (non-hydrogen) atoms. The van der Waals surface area contributed by atoms with Crippen molar-refractivity contribution in [3.8, 4) is 0 Å². The van der Waals surface area contributed by atoms with Crippen LogP contribution in [0.3, 0.4) is 0 Å². The SMILES string of the molecule is O=C(NCC1CCC2CN(C(=O)c3cccnc3)c3ccccc3CN12)c1cccs1. The molecule has 3 aromatic rings. The fourth-order valence-corrected chi connectivity index (χ4v) is 5.28. The summed E-state index contributed by atoms with van der Waals surface area (Å²) in [6, 6.07) is 16.0. The average Bonchev–Trinajstić information content (AvgIpc) is 3.44. The molecule has 2 unspecified atom stereocenters. The van der Waals surface area contributed by atoms with Crippen molar-refractivity contribution in [3.63, 3.8) is 0 Å². The van der Waals surface area contributed by atoms with Crippen LogP contribution in [0, 0.1) is 0 Å². The van der Waals surface area contributed by atoms with Crippen molar-refractivity contribution < 1.29 is 9.59 Å². The van der Waals surface area contributed by atoms with Crippen LogP contribution in [0.2, 0.25) is 0 Å². The Morgan fingerprint density at radius 1 is 1.10 bits per heavy atom. The zero-order valence-electron chi connectivity index (χ0n) is 17.1. The van der Waals surface area contributed by atoms with Crippen LogP contribution >= 0.6 is 11.3 Å². The average molecular weight is 433 g/mol. The quantitative estimate of drug-likeness (QED) is 0.685. The Kier molecular flexibility index (Phi) is 5.53. The molecule has 1 aromatic carbocycles. The number of carbonyl (C=O) groups excluding carboxylic acids is 2. The summed E-state index contributed by atoms with van der Waals surface area (Å²) >= 11 is 1.46. The third-order valence-corrected chi connectivity index (χ3v) is 7.07. The van der Waals surface area contributed by atoms with Gasteiger partial charge in [0.1, 0.15) is 0 Å². The first-order valence-electron chi connectivity index (χ1n) is 10.6. The number of thiophene rings is 1. The van der Waals surface area contributed by atoms with Gasteiger partial charge in [-0.3, -0.25) is 19.5 Å². The van der Waals surface area contributed by atoms with Crippen molar-refractivity contribution >= 4 is 28.8 Å². The summed E-state index contributed by atoms with van der Waals surface area (Å²) in [7, 11) is 0. The van der Waals surface area contributed by atoms with Crippen LogP contribution in [-0.4, -0.2) is 46.9 Å². The molecule has 1 saturated heterocycles. The van der Waals surface area contributed by atoms with Gasteiger partial charge in [-0.25, -0.2) is 0 Å². The first-order chi connectivity index (χ1) is 15.2. The normalized spacial score (nSPS) is 20.6. The Balaban J connectivity index is 1.37. The lowest BCUT2D eigenvalue weighted by molar-refractivity contribution is 0.0938. The number of benzene rings is 1. The smallest absolute Gasteiger partial charge is 0.261 e. The van der Waals surface area contributed by atoms with Gasteiger partial charge in [0.25, 0.3) is 11.8 Å². The van der Waals surface area contributed by atoms with Crippen molar-refractivity contribution in [2.45, 2.75) is 31.5 Å². The van der Waals surface area contributed by atoms with E-state index in [1.54, 1.807) is 18.5 Å². The molecule has 2 aromatic heterocycles. The lowest BCUT2D eigenvalue weighted by Gasteiger charge is -2.29. The summed E-state index contributed by atoms with van der Waals surface area (Å²) < 4.78 is 0. The highest BCUT2D eigenvalue weighted by atomic mass is 32.1. The van der Waals surface area contributed by atoms with Crippen LogP contribution in [0.25, 0.3) is 0 Å². The minimum Gasteiger partial charge on any atom is -0.350 e. The molecule has 1 N–H and O–H groups in total. The fourth-order valence-electron chi connectivity index (χ4n) is 4.64. The third kappa shape index (κ3) is 3.98. The molecule has 0 aliphatic carbocycles. The predicted octanol–water partition coefficient (Wildman–Crippen LogP) is 3.57. The van der Waals surface area contributed by atoms with Gasteiger partial charge < -0.3 is 10.2 Å². The monoisotopic (exact) mass is 432 g/mol. The van der Waals surface area contributed by atoms with E-state index < -0.39 is 0 Å². The Hall–Kier alpha value is -3.03. The highest BCUT2D eigenvalue weighted by Crippen LogP contribution is 2.35. The van der Waals surface area contributed by atoms with E-state index in [1.165, 1.54) is 11.3 Å². The van der Waals surface area contributed by atoms with Gasteiger partial charge in [0, 0.05) is 49.8 Å². The number of carbonyl (C=O) groups is 2. The summed E-state index contributed by atoms with van der Waals surface area (Å²) in [6.45, 7) is 2.03. The zero-order valence-corrected chi connectivity index (χ0v) is 17.9. The lowest BCUT2D eigenvalue weighted by atomic mass is 10.1. The number of aromatic nitrogens is 1. The summed E-state index contributed by atoms with van der Waals surface area (Å²) in [5.41, 5.74) is 2.70. The van der Waals surface area contributed by atoms with Crippen LogP contribution in [0.4, 0.5) is 5.69 Å². The topological polar surface area (TPSA) is 65.5 Å². The second-order valence-corrected chi connectivity index (χ2v) is 8.98. The molecule has 2 aliphatic rings. The number of pyridine rings is 1. The van der Waals surface area contributed by atoms with Crippen molar-refractivity contribution in [1.29, 1.82) is 0 Å². The molecule has 0 spiro atoms. The molecule has 0 radical (unpaired) electrons. The van der Waals surface area contributed by atoms with E-state index in [0.717, 1.165) is 35.5 Å². The number of para-hydroxylation sites is 1. The zero-order chi connectivity index (χ0) is 21.2. The molecular weight excluding hydrogens is 408 g/mol. The third-order valence-electron chi connectivity index (χ3n) is 6.20. The van der Waals surface area contributed by atoms with Gasteiger partial charge in [0.05, 0.1) is 10.4 Å². The van der Waals surface area contributed by atoms with Crippen LogP contribution in [0.1, 0.15) is 38.4 Å². The Bertz CT molecular complexity index is 1070. The molecule has 2 aliphatic heterocycles. The van der Waals surface area contributed by atoms with Gasteiger partial charge >= 0.3 is 0 Å². The number of nitrogens with zero attached hydrogens (tertiary/aromatic N) is 3. The van der Waals surface area contributed by atoms with Crippen LogP contribution in [0.15, 0.2) is 66.3 Å². The molecule has 7 heteroatoms. The maximum Gasteiger partial charge on any atom is 0.261 e. The van der Waals surface area contributed by atoms with Gasteiger partial charge in [-0.15, -0.1) is 11.3 Å². The molecule has 4 heterocycles. The van der Waals surface area contributed by atoms with Crippen LogP contribution in [-0.2, 0) is 6.54 Å². The summed E-state index contributed by atoms with van der Waals surface area (Å²) in [5, 5.41) is 5.02. The van der Waals surface area contributed by atoms with Gasteiger partial charge in [0.15, 0.2) is 0 Å². The molecule has 1 fully saturated rings. The van der Waals surface area contributed by atoms with Gasteiger partial charge in [0.2, 0.25) is 0 Å². The van der Waals surface area contributed by atoms with Crippen molar-refractivity contribution in [2.24, 2.45) is 0 Å². The lowest BCUT2D eigenvalue weighted by Crippen LogP contribution is -2.45. The minimum atomic E-state index is -0.0168. The number of nitrogens with one attached hydrogen (secondary N) is 1. The highest BCUT2D eigenvalue weighted by molar-refractivity contribution is 7.12. The summed E-state index contributed by atoms with van der Waals surface area (Å²) in [6.07, 6.45) is 5.32. The second kappa shape index (κ2) is 8.61. The van der Waals surface area contributed by atoms with Gasteiger partial charge in [-0.2, -0.15) is 0 Å². The molecule has 6 nitrogen and oxygen atoms in total. The Labute approximate surface area is 185 Å². The first kappa shape index (κ1) is 19.9. The molecular formula is C24H24N4O2S. The number of hydrogen-bond donors (Lipinski definition) is 1. The minimum absolute atomic E-state index is 0.0120.